The largest absolute Gasteiger partial charge is 0.462 e. The van der Waals surface area contributed by atoms with Crippen LogP contribution in [0.3, 0.4) is 0 Å². The highest BCUT2D eigenvalue weighted by Gasteiger charge is 2.09. The van der Waals surface area contributed by atoms with Gasteiger partial charge in [-0.3, -0.25) is 9.78 Å². The maximum atomic E-state index is 13.0. The van der Waals surface area contributed by atoms with Crippen molar-refractivity contribution in [3.8, 4) is 0 Å². The van der Waals surface area contributed by atoms with Gasteiger partial charge in [0.2, 0.25) is 5.95 Å². The minimum atomic E-state index is -0.417. The van der Waals surface area contributed by atoms with Crippen LogP contribution in [0.5, 0.6) is 0 Å². The lowest BCUT2D eigenvalue weighted by molar-refractivity contribution is 0.0505. The van der Waals surface area contributed by atoms with Crippen molar-refractivity contribution in [2.24, 2.45) is 0 Å². The van der Waals surface area contributed by atoms with Crippen molar-refractivity contribution >= 4 is 17.6 Å². The normalized spacial score (nSPS) is 10.5. The Labute approximate surface area is 160 Å². The highest BCUT2D eigenvalue weighted by atomic mass is 19.1. The molecule has 0 saturated carbocycles. The zero-order valence-electron chi connectivity index (χ0n) is 15.2. The maximum Gasteiger partial charge on any atom is 0.338 e. The molecular formula is C20H19FN4O3. The number of ether oxygens (including phenoxy) is 1. The zero-order chi connectivity index (χ0) is 19.9. The highest BCUT2D eigenvalue weighted by molar-refractivity contribution is 5.90. The number of anilines is 2. The second-order valence-electron chi connectivity index (χ2n) is 6.09. The van der Waals surface area contributed by atoms with Gasteiger partial charge in [0.1, 0.15) is 11.5 Å². The van der Waals surface area contributed by atoms with Crippen molar-refractivity contribution in [2.75, 3.05) is 11.9 Å². The van der Waals surface area contributed by atoms with Gasteiger partial charge in [0, 0.05) is 12.1 Å². The molecule has 1 aromatic heterocycles. The predicted octanol–water partition coefficient (Wildman–Crippen LogP) is 3.21. The van der Waals surface area contributed by atoms with E-state index in [-0.39, 0.29) is 23.9 Å². The van der Waals surface area contributed by atoms with Gasteiger partial charge < -0.3 is 10.1 Å². The molecule has 0 bridgehead atoms. The molecule has 8 heteroatoms. The molecule has 1 heterocycles. The lowest BCUT2D eigenvalue weighted by Crippen LogP contribution is -2.19. The standard InChI is InChI=1S/C20H19FN4O3/c1-2-10-28-19(27)14-4-3-5-16(12-14)22-20-23-18(26)17(24-25-20)11-13-6-8-15(21)9-7-13/h3-9,12H,2,10-11H2,1H3,(H2,22,23,25,26). The molecule has 2 aromatic carbocycles. The Balaban J connectivity index is 1.71. The average molecular weight is 382 g/mol. The maximum absolute atomic E-state index is 13.0. The summed E-state index contributed by atoms with van der Waals surface area (Å²) in [6.45, 7) is 2.27. The SMILES string of the molecule is CCCOC(=O)c1cccc(Nc2nnc(Cc3ccc(F)cc3)c(=O)[nH]2)c1. The summed E-state index contributed by atoms with van der Waals surface area (Å²) in [4.78, 5) is 26.8. The van der Waals surface area contributed by atoms with Crippen molar-refractivity contribution in [3.63, 3.8) is 0 Å². The molecule has 0 aliphatic rings. The quantitative estimate of drug-likeness (QED) is 0.609. The Morgan fingerprint density at radius 2 is 1.96 bits per heavy atom. The van der Waals surface area contributed by atoms with Crippen molar-refractivity contribution in [2.45, 2.75) is 19.8 Å². The monoisotopic (exact) mass is 382 g/mol. The molecule has 0 spiro atoms. The molecule has 0 saturated heterocycles. The number of aromatic amines is 1. The van der Waals surface area contributed by atoms with E-state index in [9.17, 15) is 14.0 Å². The Morgan fingerprint density at radius 1 is 1.18 bits per heavy atom. The van der Waals surface area contributed by atoms with E-state index in [2.05, 4.69) is 20.5 Å². The van der Waals surface area contributed by atoms with E-state index in [0.717, 1.165) is 12.0 Å². The minimum Gasteiger partial charge on any atom is -0.462 e. The van der Waals surface area contributed by atoms with Crippen LogP contribution in [0.15, 0.2) is 53.3 Å². The van der Waals surface area contributed by atoms with E-state index in [0.29, 0.717) is 17.9 Å². The van der Waals surface area contributed by atoms with Gasteiger partial charge in [-0.1, -0.05) is 25.1 Å². The number of carbonyl (C=O) groups is 1. The lowest BCUT2D eigenvalue weighted by atomic mass is 10.1. The first-order valence-corrected chi connectivity index (χ1v) is 8.79. The number of H-pyrrole nitrogens is 1. The number of rotatable bonds is 7. The number of esters is 1. The van der Waals surface area contributed by atoms with Crippen LogP contribution in [-0.2, 0) is 11.2 Å². The molecule has 0 aliphatic heterocycles. The number of halogens is 1. The first kappa shape index (κ1) is 19.2. The number of hydrogen-bond acceptors (Lipinski definition) is 6. The Kier molecular flexibility index (Phi) is 6.11. The fraction of sp³-hybridized carbons (Fsp3) is 0.200. The molecule has 0 unspecified atom stereocenters. The number of nitrogens with one attached hydrogen (secondary N) is 2. The van der Waals surface area contributed by atoms with Gasteiger partial charge in [0.25, 0.3) is 5.56 Å². The third-order valence-electron chi connectivity index (χ3n) is 3.85. The van der Waals surface area contributed by atoms with Gasteiger partial charge in [0.15, 0.2) is 0 Å². The summed E-state index contributed by atoms with van der Waals surface area (Å²) in [5.41, 5.74) is 1.51. The summed E-state index contributed by atoms with van der Waals surface area (Å²) in [5.74, 6) is -0.615. The van der Waals surface area contributed by atoms with Gasteiger partial charge in [0.05, 0.1) is 12.2 Å². The predicted molar refractivity (Wildman–Crippen MR) is 102 cm³/mol. The van der Waals surface area contributed by atoms with E-state index < -0.39 is 11.5 Å². The summed E-state index contributed by atoms with van der Waals surface area (Å²) in [6, 6.07) is 12.5. The summed E-state index contributed by atoms with van der Waals surface area (Å²) in [6.07, 6.45) is 0.979. The molecule has 0 fully saturated rings. The van der Waals surface area contributed by atoms with Crippen molar-refractivity contribution < 1.29 is 13.9 Å². The smallest absolute Gasteiger partial charge is 0.338 e. The van der Waals surface area contributed by atoms with Crippen molar-refractivity contribution in [1.82, 2.24) is 15.2 Å². The van der Waals surface area contributed by atoms with Gasteiger partial charge in [-0.05, 0) is 42.3 Å². The molecule has 0 radical (unpaired) electrons. The van der Waals surface area contributed by atoms with Crippen molar-refractivity contribution in [3.05, 3.63) is 81.5 Å². The summed E-state index contributed by atoms with van der Waals surface area (Å²) in [7, 11) is 0. The van der Waals surface area contributed by atoms with Crippen molar-refractivity contribution in [1.29, 1.82) is 0 Å². The molecule has 28 heavy (non-hydrogen) atoms. The fourth-order valence-electron chi connectivity index (χ4n) is 2.47. The molecular weight excluding hydrogens is 363 g/mol. The van der Waals surface area contributed by atoms with Crippen LogP contribution < -0.4 is 10.9 Å². The molecule has 0 amide bonds. The number of aromatic nitrogens is 3. The van der Waals surface area contributed by atoms with E-state index >= 15 is 0 Å². The first-order valence-electron chi connectivity index (χ1n) is 8.79. The van der Waals surface area contributed by atoms with E-state index in [1.807, 2.05) is 6.92 Å². The zero-order valence-corrected chi connectivity index (χ0v) is 15.2. The van der Waals surface area contributed by atoms with Gasteiger partial charge in [-0.15, -0.1) is 10.2 Å². The minimum absolute atomic E-state index is 0.145. The van der Waals surface area contributed by atoms with Crippen LogP contribution >= 0.6 is 0 Å². The van der Waals surface area contributed by atoms with E-state index in [4.69, 9.17) is 4.74 Å². The fourth-order valence-corrected chi connectivity index (χ4v) is 2.47. The highest BCUT2D eigenvalue weighted by Crippen LogP contribution is 2.15. The van der Waals surface area contributed by atoms with Crippen LogP contribution in [0.2, 0.25) is 0 Å². The summed E-state index contributed by atoms with van der Waals surface area (Å²) < 4.78 is 18.1. The first-order chi connectivity index (χ1) is 13.5. The second-order valence-corrected chi connectivity index (χ2v) is 6.09. The average Bonchev–Trinajstić information content (AvgIpc) is 2.70. The Bertz CT molecular complexity index is 1020. The third-order valence-corrected chi connectivity index (χ3v) is 3.85. The molecule has 0 atom stereocenters. The van der Waals surface area contributed by atoms with Gasteiger partial charge in [-0.2, -0.15) is 0 Å². The second kappa shape index (κ2) is 8.90. The van der Waals surface area contributed by atoms with Crippen LogP contribution in [0.1, 0.15) is 35.0 Å². The van der Waals surface area contributed by atoms with E-state index in [1.165, 1.54) is 12.1 Å². The molecule has 7 nitrogen and oxygen atoms in total. The summed E-state index contributed by atoms with van der Waals surface area (Å²) >= 11 is 0. The van der Waals surface area contributed by atoms with Crippen LogP contribution in [0.25, 0.3) is 0 Å². The van der Waals surface area contributed by atoms with Crippen LogP contribution in [0, 0.1) is 5.82 Å². The number of nitrogens with zero attached hydrogens (tertiary/aromatic N) is 2. The summed E-state index contributed by atoms with van der Waals surface area (Å²) in [5, 5.41) is 10.8. The topological polar surface area (TPSA) is 97.0 Å². The third kappa shape index (κ3) is 5.00. The molecule has 2 N–H and O–H groups in total. The lowest BCUT2D eigenvalue weighted by Gasteiger charge is -2.08. The molecule has 144 valence electrons. The van der Waals surface area contributed by atoms with Gasteiger partial charge in [-0.25, -0.2) is 9.18 Å². The van der Waals surface area contributed by atoms with Crippen LogP contribution in [0.4, 0.5) is 16.0 Å². The Hall–Kier alpha value is -3.55. The molecule has 3 aromatic rings. The molecule has 0 aliphatic carbocycles. The van der Waals surface area contributed by atoms with E-state index in [1.54, 1.807) is 36.4 Å². The molecule has 3 rings (SSSR count). The van der Waals surface area contributed by atoms with Gasteiger partial charge >= 0.3 is 5.97 Å². The number of hydrogen-bond donors (Lipinski definition) is 2. The number of carbonyl (C=O) groups excluding carboxylic acids is 1. The Morgan fingerprint density at radius 3 is 2.68 bits per heavy atom. The van der Waals surface area contributed by atoms with Crippen LogP contribution in [-0.4, -0.2) is 27.8 Å². The number of benzene rings is 2.